The molecular weight excluding hydrogens is 396 g/mol. The fraction of sp³-hybridized carbons (Fsp3) is 0.640. The van der Waals surface area contributed by atoms with E-state index >= 15 is 0 Å². The molecule has 182 valence electrons. The molecule has 0 aromatic carbocycles. The molecule has 0 unspecified atom stereocenters. The molecule has 0 aromatic rings. The van der Waals surface area contributed by atoms with Gasteiger partial charge in [0.25, 0.3) is 0 Å². The van der Waals surface area contributed by atoms with Crippen LogP contribution in [0.4, 0.5) is 0 Å². The van der Waals surface area contributed by atoms with Gasteiger partial charge in [0, 0.05) is 16.7 Å². The third-order valence-corrected chi connectivity index (χ3v) is 3.24. The summed E-state index contributed by atoms with van der Waals surface area (Å²) in [6, 6.07) is 0. The van der Waals surface area contributed by atoms with E-state index in [0.29, 0.717) is 36.5 Å². The van der Waals surface area contributed by atoms with Crippen molar-refractivity contribution in [2.75, 3.05) is 19.8 Å². The predicted octanol–water partition coefficient (Wildman–Crippen LogP) is 6.35. The fourth-order valence-corrected chi connectivity index (χ4v) is 1.30. The molecule has 0 bridgehead atoms. The molecule has 0 atom stereocenters. The third kappa shape index (κ3) is 29.9. The van der Waals surface area contributed by atoms with Gasteiger partial charge in [-0.3, -0.25) is 0 Å². The molecule has 31 heavy (non-hydrogen) atoms. The van der Waals surface area contributed by atoms with Crippen LogP contribution in [-0.2, 0) is 28.6 Å². The van der Waals surface area contributed by atoms with Gasteiger partial charge in [-0.05, 0) is 40.0 Å². The SMILES string of the molecule is C.C=C(C)C(=O)OCCCC.C=C(C)C(=O)OCCCC.C=C(C)C(=O)OCCCC. The zero-order chi connectivity index (χ0) is 23.9. The van der Waals surface area contributed by atoms with Crippen molar-refractivity contribution < 1.29 is 28.6 Å². The largest absolute Gasteiger partial charge is 0.462 e. The summed E-state index contributed by atoms with van der Waals surface area (Å²) in [6.45, 7) is 23.0. The molecule has 0 aliphatic heterocycles. The van der Waals surface area contributed by atoms with Crippen LogP contribution in [0.2, 0.25) is 0 Å². The molecule has 0 N–H and O–H groups in total. The Balaban J connectivity index is -0.000000174. The summed E-state index contributed by atoms with van der Waals surface area (Å²) in [5.74, 6) is -0.852. The minimum atomic E-state index is -0.284. The Morgan fingerprint density at radius 2 is 0.742 bits per heavy atom. The molecule has 0 saturated heterocycles. The normalized spacial score (nSPS) is 8.71. The molecule has 6 heteroatoms. The lowest BCUT2D eigenvalue weighted by Crippen LogP contribution is -2.05. The maximum atomic E-state index is 10.7. The van der Waals surface area contributed by atoms with Gasteiger partial charge >= 0.3 is 17.9 Å². The summed E-state index contributed by atoms with van der Waals surface area (Å²) in [5.41, 5.74) is 1.41. The Labute approximate surface area is 190 Å². The van der Waals surface area contributed by atoms with Crippen molar-refractivity contribution in [1.82, 2.24) is 0 Å². The van der Waals surface area contributed by atoms with Crippen LogP contribution in [0.1, 0.15) is 87.5 Å². The van der Waals surface area contributed by atoms with Gasteiger partial charge in [-0.2, -0.15) is 0 Å². The Bertz CT molecular complexity index is 458. The average Bonchev–Trinajstić information content (AvgIpc) is 2.69. The average molecular weight is 443 g/mol. The molecule has 0 fully saturated rings. The standard InChI is InChI=1S/3C8H14O2.CH4/c3*1-4-5-6-10-8(9)7(2)3;/h3*2,4-6H2,1,3H3;1H4. The lowest BCUT2D eigenvalue weighted by Gasteiger charge is -2.01. The maximum absolute atomic E-state index is 10.7. The number of hydrogen-bond donors (Lipinski definition) is 0. The number of ether oxygens (including phenoxy) is 3. The summed E-state index contributed by atoms with van der Waals surface area (Å²) < 4.78 is 14.4. The van der Waals surface area contributed by atoms with E-state index in [2.05, 4.69) is 40.5 Å². The minimum absolute atomic E-state index is 0. The van der Waals surface area contributed by atoms with Crippen LogP contribution in [0.15, 0.2) is 36.5 Å². The monoisotopic (exact) mass is 442 g/mol. The molecule has 6 nitrogen and oxygen atoms in total. The molecular formula is C25H46O6. The zero-order valence-corrected chi connectivity index (χ0v) is 19.9. The number of rotatable bonds is 12. The van der Waals surface area contributed by atoms with Crippen LogP contribution in [0.25, 0.3) is 0 Å². The third-order valence-electron chi connectivity index (χ3n) is 3.24. The van der Waals surface area contributed by atoms with Crippen LogP contribution in [0, 0.1) is 0 Å². The lowest BCUT2D eigenvalue weighted by atomic mass is 10.3. The number of carbonyl (C=O) groups excluding carboxylic acids is 3. The first kappa shape index (κ1) is 36.0. The first-order valence-corrected chi connectivity index (χ1v) is 10.5. The van der Waals surface area contributed by atoms with Gasteiger partial charge < -0.3 is 14.2 Å². The van der Waals surface area contributed by atoms with Crippen molar-refractivity contribution in [3.63, 3.8) is 0 Å². The number of carbonyl (C=O) groups is 3. The highest BCUT2D eigenvalue weighted by atomic mass is 16.5. The van der Waals surface area contributed by atoms with Gasteiger partial charge in [0.15, 0.2) is 0 Å². The summed E-state index contributed by atoms with van der Waals surface area (Å²) >= 11 is 0. The Morgan fingerprint density at radius 1 is 0.548 bits per heavy atom. The van der Waals surface area contributed by atoms with Crippen LogP contribution < -0.4 is 0 Å². The molecule has 0 aliphatic rings. The van der Waals surface area contributed by atoms with Gasteiger partial charge in [-0.1, -0.05) is 67.2 Å². The van der Waals surface area contributed by atoms with Gasteiger partial charge in [-0.25, -0.2) is 14.4 Å². The van der Waals surface area contributed by atoms with E-state index in [4.69, 9.17) is 14.2 Å². The first-order valence-electron chi connectivity index (χ1n) is 10.5. The Hall–Kier alpha value is -2.37. The van der Waals surface area contributed by atoms with Gasteiger partial charge in [0.1, 0.15) is 0 Å². The quantitative estimate of drug-likeness (QED) is 0.152. The zero-order valence-electron chi connectivity index (χ0n) is 19.9. The topological polar surface area (TPSA) is 78.9 Å². The van der Waals surface area contributed by atoms with E-state index in [0.717, 1.165) is 38.5 Å². The summed E-state index contributed by atoms with van der Waals surface area (Å²) in [7, 11) is 0. The number of unbranched alkanes of at least 4 members (excludes halogenated alkanes) is 3. The highest BCUT2D eigenvalue weighted by Gasteiger charge is 2.01. The highest BCUT2D eigenvalue weighted by Crippen LogP contribution is 1.96. The minimum Gasteiger partial charge on any atom is -0.462 e. The van der Waals surface area contributed by atoms with Gasteiger partial charge in [0.05, 0.1) is 19.8 Å². The van der Waals surface area contributed by atoms with Crippen molar-refractivity contribution in [1.29, 1.82) is 0 Å². The molecule has 0 heterocycles. The Kier molecular flexibility index (Phi) is 29.8. The highest BCUT2D eigenvalue weighted by molar-refractivity contribution is 5.87. The molecule has 0 amide bonds. The van der Waals surface area contributed by atoms with Crippen LogP contribution >= 0.6 is 0 Å². The lowest BCUT2D eigenvalue weighted by molar-refractivity contribution is -0.139. The molecule has 0 spiro atoms. The van der Waals surface area contributed by atoms with E-state index < -0.39 is 0 Å². The van der Waals surface area contributed by atoms with Crippen LogP contribution in [0.3, 0.4) is 0 Å². The van der Waals surface area contributed by atoms with E-state index in [1.807, 2.05) is 0 Å². The van der Waals surface area contributed by atoms with E-state index in [1.165, 1.54) is 0 Å². The summed E-state index contributed by atoms with van der Waals surface area (Å²) in [6.07, 6.45) is 5.92. The van der Waals surface area contributed by atoms with Crippen molar-refractivity contribution in [3.05, 3.63) is 36.5 Å². The molecule has 0 aromatic heterocycles. The molecule has 0 aliphatic carbocycles. The van der Waals surface area contributed by atoms with Crippen molar-refractivity contribution in [3.8, 4) is 0 Å². The van der Waals surface area contributed by atoms with Gasteiger partial charge in [-0.15, -0.1) is 0 Å². The van der Waals surface area contributed by atoms with Crippen molar-refractivity contribution >= 4 is 17.9 Å². The van der Waals surface area contributed by atoms with Crippen LogP contribution in [-0.4, -0.2) is 37.7 Å². The summed E-state index contributed by atoms with van der Waals surface area (Å²) in [4.78, 5) is 32.1. The fourth-order valence-electron chi connectivity index (χ4n) is 1.30. The van der Waals surface area contributed by atoms with Crippen molar-refractivity contribution in [2.24, 2.45) is 0 Å². The second kappa shape index (κ2) is 25.7. The second-order valence-corrected chi connectivity index (χ2v) is 6.81. The number of esters is 3. The number of hydrogen-bond acceptors (Lipinski definition) is 6. The van der Waals surface area contributed by atoms with E-state index in [-0.39, 0.29) is 25.3 Å². The summed E-state index contributed by atoms with van der Waals surface area (Å²) in [5, 5.41) is 0. The second-order valence-electron chi connectivity index (χ2n) is 6.81. The van der Waals surface area contributed by atoms with E-state index in [1.54, 1.807) is 20.8 Å². The first-order chi connectivity index (χ1) is 14.0. The van der Waals surface area contributed by atoms with Crippen molar-refractivity contribution in [2.45, 2.75) is 87.5 Å². The smallest absolute Gasteiger partial charge is 0.333 e. The Morgan fingerprint density at radius 3 is 0.871 bits per heavy atom. The van der Waals surface area contributed by atoms with E-state index in [9.17, 15) is 14.4 Å². The molecule has 0 rings (SSSR count). The molecule has 0 saturated carbocycles. The maximum Gasteiger partial charge on any atom is 0.333 e. The molecule has 0 radical (unpaired) electrons. The predicted molar refractivity (Wildman–Crippen MR) is 129 cm³/mol. The van der Waals surface area contributed by atoms with Crippen LogP contribution in [0.5, 0.6) is 0 Å². The van der Waals surface area contributed by atoms with Gasteiger partial charge in [0.2, 0.25) is 0 Å².